The Balaban J connectivity index is 0.000000279. The highest BCUT2D eigenvalue weighted by molar-refractivity contribution is 6.34. The minimum atomic E-state index is -1.15. The normalized spacial score (nSPS) is 10.7. The lowest BCUT2D eigenvalue weighted by atomic mass is 10.1. The molecule has 7 nitrogen and oxygen atoms in total. The fourth-order valence-corrected chi connectivity index (χ4v) is 4.48. The highest BCUT2D eigenvalue weighted by Crippen LogP contribution is 2.28. The molecule has 4 rings (SSSR count). The molecule has 0 unspecified atom stereocenters. The Kier molecular flexibility index (Phi) is 11.3. The van der Waals surface area contributed by atoms with Crippen LogP contribution in [0.15, 0.2) is 73.1 Å². The fraction of sp³-hybridized carbons (Fsp3) is 0.300. The van der Waals surface area contributed by atoms with Gasteiger partial charge in [0.05, 0.1) is 23.3 Å². The maximum atomic E-state index is 10.7. The average Bonchev–Trinajstić information content (AvgIpc) is 3.28. The number of carbonyl (C=O) groups excluding carboxylic acids is 1. The summed E-state index contributed by atoms with van der Waals surface area (Å²) in [4.78, 5) is 25.5. The van der Waals surface area contributed by atoms with E-state index in [1.54, 1.807) is 12.3 Å². The zero-order valence-electron chi connectivity index (χ0n) is 21.6. The second-order valence-corrected chi connectivity index (χ2v) is 9.27. The van der Waals surface area contributed by atoms with Gasteiger partial charge in [-0.3, -0.25) is 4.79 Å². The van der Waals surface area contributed by atoms with Gasteiger partial charge in [-0.2, -0.15) is 0 Å². The summed E-state index contributed by atoms with van der Waals surface area (Å²) in [5, 5.41) is 10.3. The summed E-state index contributed by atoms with van der Waals surface area (Å²) in [6.45, 7) is 4.68. The highest BCUT2D eigenvalue weighted by atomic mass is 35.5. The molecule has 0 atom stereocenters. The van der Waals surface area contributed by atoms with E-state index in [2.05, 4.69) is 40.9 Å². The number of rotatable bonds is 12. The van der Waals surface area contributed by atoms with E-state index in [1.807, 2.05) is 18.2 Å². The Morgan fingerprint density at radius 3 is 2.37 bits per heavy atom. The van der Waals surface area contributed by atoms with Crippen molar-refractivity contribution >= 4 is 34.4 Å². The Morgan fingerprint density at radius 2 is 1.71 bits per heavy atom. The molecule has 0 aliphatic rings. The van der Waals surface area contributed by atoms with E-state index >= 15 is 0 Å². The molecule has 2 heterocycles. The zero-order chi connectivity index (χ0) is 27.3. The molecule has 0 spiro atoms. The number of aromatic carboxylic acids is 1. The number of ether oxygens (including phenoxy) is 1. The molecule has 200 valence electrons. The summed E-state index contributed by atoms with van der Waals surface area (Å²) < 4.78 is 8.15. The number of benzene rings is 2. The van der Waals surface area contributed by atoms with Crippen molar-refractivity contribution in [2.24, 2.45) is 5.73 Å². The van der Waals surface area contributed by atoms with Crippen LogP contribution in [0, 0.1) is 0 Å². The van der Waals surface area contributed by atoms with Gasteiger partial charge >= 0.3 is 5.97 Å². The predicted octanol–water partition coefficient (Wildman–Crippen LogP) is 6.51. The predicted molar refractivity (Wildman–Crippen MR) is 151 cm³/mol. The van der Waals surface area contributed by atoms with Crippen molar-refractivity contribution in [3.8, 4) is 0 Å². The van der Waals surface area contributed by atoms with Crippen LogP contribution in [-0.2, 0) is 24.3 Å². The molecule has 0 aliphatic carbocycles. The minimum Gasteiger partial charge on any atom is -0.478 e. The maximum Gasteiger partial charge on any atom is 0.336 e. The number of fused-ring (bicyclic) bond motifs is 1. The molecule has 0 radical (unpaired) electrons. The number of hydrogen-bond donors (Lipinski definition) is 2. The summed E-state index contributed by atoms with van der Waals surface area (Å²) in [7, 11) is 0. The Hall–Kier alpha value is -3.68. The number of primary amides is 1. The van der Waals surface area contributed by atoms with Crippen molar-refractivity contribution in [1.29, 1.82) is 0 Å². The summed E-state index contributed by atoms with van der Waals surface area (Å²) in [5.41, 5.74) is 8.60. The van der Waals surface area contributed by atoms with E-state index in [1.165, 1.54) is 54.1 Å². The number of carbonyl (C=O) groups is 2. The van der Waals surface area contributed by atoms with Crippen LogP contribution < -0.4 is 5.73 Å². The van der Waals surface area contributed by atoms with Gasteiger partial charge in [0, 0.05) is 30.9 Å². The van der Waals surface area contributed by atoms with Gasteiger partial charge in [0.1, 0.15) is 5.15 Å². The Morgan fingerprint density at radius 1 is 1.00 bits per heavy atom. The van der Waals surface area contributed by atoms with Crippen molar-refractivity contribution in [1.82, 2.24) is 9.55 Å². The molecule has 0 saturated carbocycles. The Labute approximate surface area is 228 Å². The van der Waals surface area contributed by atoms with E-state index in [0.717, 1.165) is 31.4 Å². The van der Waals surface area contributed by atoms with Gasteiger partial charge in [-0.05, 0) is 48.6 Å². The topological polar surface area (TPSA) is 107 Å². The van der Waals surface area contributed by atoms with Crippen LogP contribution in [0.5, 0.6) is 0 Å². The first-order valence-corrected chi connectivity index (χ1v) is 13.2. The monoisotopic (exact) mass is 535 g/mol. The van der Waals surface area contributed by atoms with Gasteiger partial charge in [0.2, 0.25) is 5.91 Å². The van der Waals surface area contributed by atoms with E-state index in [-0.39, 0.29) is 11.1 Å². The molecule has 8 heteroatoms. The number of nitrogens with zero attached hydrogens (tertiary/aromatic N) is 2. The SMILES string of the molecule is CCCCCn1cc(CCCOCc2ccccc2)c2c(Cl)nccc21.NC(=O)c1ccccc1C(=O)O. The van der Waals surface area contributed by atoms with Crippen LogP contribution >= 0.6 is 11.6 Å². The number of pyridine rings is 1. The smallest absolute Gasteiger partial charge is 0.336 e. The molecule has 4 aromatic rings. The van der Waals surface area contributed by atoms with E-state index in [4.69, 9.17) is 27.2 Å². The van der Waals surface area contributed by atoms with Crippen LogP contribution in [0.4, 0.5) is 0 Å². The standard InChI is InChI=1S/C22H27ClN2O.C8H7NO3/c1-2-3-7-14-25-16-19(21-20(25)12-13-24-22(21)23)11-8-15-26-17-18-9-5-4-6-10-18;9-7(10)5-3-1-2-4-6(5)8(11)12/h4-6,9-10,12-13,16H,2-3,7-8,11,14-15,17H2,1H3;1-4H,(H2,9,10)(H,11,12). The molecule has 1 amide bonds. The molecule has 0 fully saturated rings. The zero-order valence-corrected chi connectivity index (χ0v) is 22.4. The quantitative estimate of drug-likeness (QED) is 0.159. The Bertz CT molecular complexity index is 1310. The lowest BCUT2D eigenvalue weighted by molar-refractivity contribution is 0.0692. The van der Waals surface area contributed by atoms with Crippen LogP contribution in [0.2, 0.25) is 5.15 Å². The number of unbranched alkanes of at least 4 members (excludes halogenated alkanes) is 2. The fourth-order valence-electron chi connectivity index (χ4n) is 4.21. The first kappa shape index (κ1) is 28.9. The van der Waals surface area contributed by atoms with Gasteiger partial charge < -0.3 is 20.1 Å². The molecule has 38 heavy (non-hydrogen) atoms. The molecule has 0 bridgehead atoms. The number of aryl methyl sites for hydroxylation is 2. The number of hydrogen-bond acceptors (Lipinski definition) is 4. The van der Waals surface area contributed by atoms with Crippen molar-refractivity contribution in [3.05, 3.63) is 100 Å². The van der Waals surface area contributed by atoms with Crippen LogP contribution in [0.1, 0.15) is 64.4 Å². The third-order valence-corrected chi connectivity index (χ3v) is 6.38. The van der Waals surface area contributed by atoms with Crippen molar-refractivity contribution in [3.63, 3.8) is 0 Å². The average molecular weight is 536 g/mol. The minimum absolute atomic E-state index is 0.0324. The first-order chi connectivity index (χ1) is 18.4. The lowest BCUT2D eigenvalue weighted by Gasteiger charge is -2.04. The number of aromatic nitrogens is 2. The molecular formula is C30H34ClN3O4. The van der Waals surface area contributed by atoms with E-state index < -0.39 is 11.9 Å². The molecule has 0 saturated heterocycles. The van der Waals surface area contributed by atoms with Crippen LogP contribution in [-0.4, -0.2) is 33.1 Å². The third-order valence-electron chi connectivity index (χ3n) is 6.10. The number of carboxylic acids is 1. The third kappa shape index (κ3) is 8.16. The van der Waals surface area contributed by atoms with Crippen LogP contribution in [0.3, 0.4) is 0 Å². The molecule has 3 N–H and O–H groups in total. The number of nitrogens with two attached hydrogens (primary N) is 1. The number of carboxylic acid groups (broad SMARTS) is 1. The molecule has 0 aliphatic heterocycles. The molecule has 2 aromatic heterocycles. The summed E-state index contributed by atoms with van der Waals surface area (Å²) in [6, 6.07) is 18.2. The van der Waals surface area contributed by atoms with Gasteiger partial charge in [-0.15, -0.1) is 0 Å². The van der Waals surface area contributed by atoms with Gasteiger partial charge in [-0.25, -0.2) is 9.78 Å². The molecular weight excluding hydrogens is 502 g/mol. The highest BCUT2D eigenvalue weighted by Gasteiger charge is 2.13. The lowest BCUT2D eigenvalue weighted by Crippen LogP contribution is -2.15. The first-order valence-electron chi connectivity index (χ1n) is 12.8. The number of halogens is 1. The summed E-state index contributed by atoms with van der Waals surface area (Å²) >= 11 is 6.40. The van der Waals surface area contributed by atoms with Crippen LogP contribution in [0.25, 0.3) is 10.9 Å². The van der Waals surface area contributed by atoms with Crippen molar-refractivity contribution < 1.29 is 19.4 Å². The van der Waals surface area contributed by atoms with E-state index in [9.17, 15) is 9.59 Å². The van der Waals surface area contributed by atoms with Crippen molar-refractivity contribution in [2.45, 2.75) is 52.2 Å². The summed E-state index contributed by atoms with van der Waals surface area (Å²) in [5.74, 6) is -1.88. The second-order valence-electron chi connectivity index (χ2n) is 8.91. The number of amides is 1. The molecule has 2 aromatic carbocycles. The van der Waals surface area contributed by atoms with E-state index in [0.29, 0.717) is 11.8 Å². The maximum absolute atomic E-state index is 10.7. The largest absolute Gasteiger partial charge is 0.478 e. The van der Waals surface area contributed by atoms with Crippen molar-refractivity contribution in [2.75, 3.05) is 6.61 Å². The van der Waals surface area contributed by atoms with Gasteiger partial charge in [0.25, 0.3) is 0 Å². The second kappa shape index (κ2) is 14.9. The van der Waals surface area contributed by atoms with Gasteiger partial charge in [0.15, 0.2) is 0 Å². The summed E-state index contributed by atoms with van der Waals surface area (Å²) in [6.07, 6.45) is 9.66. The van der Waals surface area contributed by atoms with Gasteiger partial charge in [-0.1, -0.05) is 73.8 Å².